The third-order valence-electron chi connectivity index (χ3n) is 6.81. The van der Waals surface area contributed by atoms with Gasteiger partial charge >= 0.3 is 19.2 Å². The number of likely N-dealkylation sites (N-methyl/N-ethyl adjacent to an activating group) is 1. The highest BCUT2D eigenvalue weighted by Gasteiger charge is 2.55. The van der Waals surface area contributed by atoms with Gasteiger partial charge in [0.05, 0.1) is 11.2 Å². The maximum atomic E-state index is 12.9. The minimum atomic E-state index is -1.27. The minimum absolute atomic E-state index is 0.0354. The number of carbonyl (C=O) groups is 2. The summed E-state index contributed by atoms with van der Waals surface area (Å²) in [4.78, 5) is 28.8. The number of amides is 1. The van der Waals surface area contributed by atoms with E-state index in [4.69, 9.17) is 14.0 Å². The van der Waals surface area contributed by atoms with Gasteiger partial charge < -0.3 is 24.1 Å². The van der Waals surface area contributed by atoms with Crippen molar-refractivity contribution in [3.05, 3.63) is 0 Å². The van der Waals surface area contributed by atoms with Crippen LogP contribution in [0.1, 0.15) is 74.1 Å². The quantitative estimate of drug-likeness (QED) is 0.478. The molecule has 0 aromatic carbocycles. The Morgan fingerprint density at radius 3 is 2.13 bits per heavy atom. The Bertz CT molecular complexity index is 659. The fourth-order valence-electron chi connectivity index (χ4n) is 4.22. The Morgan fingerprint density at radius 2 is 1.68 bits per heavy atom. The van der Waals surface area contributed by atoms with E-state index >= 15 is 0 Å². The standard InChI is InChI=1S/C22H41BN2O6/c1-19(2,3)29-18(28)25-15-16(24(8)9)14-22(25,17(26)27)12-10-11-13-23-30-20(4,5)21(6,7)31-23/h16H,10-15H2,1-9H3,(H,26,27)/t16-,22-/m1/s1. The molecule has 2 saturated heterocycles. The van der Waals surface area contributed by atoms with E-state index in [0.29, 0.717) is 32.1 Å². The van der Waals surface area contributed by atoms with Gasteiger partial charge in [-0.1, -0.05) is 12.8 Å². The number of aliphatic carboxylic acids is 1. The molecule has 2 aliphatic rings. The van der Waals surface area contributed by atoms with Crippen LogP contribution in [0.15, 0.2) is 0 Å². The summed E-state index contributed by atoms with van der Waals surface area (Å²) in [5.41, 5.74) is -2.71. The van der Waals surface area contributed by atoms with Crippen molar-refractivity contribution >= 4 is 19.2 Å². The molecule has 0 aromatic heterocycles. The Hall–Kier alpha value is -1.32. The molecule has 9 heteroatoms. The smallest absolute Gasteiger partial charge is 0.457 e. The largest absolute Gasteiger partial charge is 0.479 e. The Balaban J connectivity index is 2.07. The molecule has 2 rings (SSSR count). The van der Waals surface area contributed by atoms with Crippen molar-refractivity contribution in [3.63, 3.8) is 0 Å². The normalized spacial score (nSPS) is 27.7. The first kappa shape index (κ1) is 25.9. The average molecular weight is 440 g/mol. The summed E-state index contributed by atoms with van der Waals surface area (Å²) in [5, 5.41) is 10.2. The van der Waals surface area contributed by atoms with Crippen LogP contribution in [-0.4, -0.2) is 83.1 Å². The molecule has 8 nitrogen and oxygen atoms in total. The number of hydrogen-bond acceptors (Lipinski definition) is 6. The summed E-state index contributed by atoms with van der Waals surface area (Å²) in [6.07, 6.45) is 2.27. The van der Waals surface area contributed by atoms with Crippen LogP contribution in [0, 0.1) is 0 Å². The van der Waals surface area contributed by atoms with Gasteiger partial charge in [0.2, 0.25) is 0 Å². The van der Waals surface area contributed by atoms with Crippen LogP contribution in [0.5, 0.6) is 0 Å². The van der Waals surface area contributed by atoms with Crippen LogP contribution < -0.4 is 0 Å². The van der Waals surface area contributed by atoms with Gasteiger partial charge in [0.25, 0.3) is 0 Å². The number of ether oxygens (including phenoxy) is 1. The summed E-state index contributed by atoms with van der Waals surface area (Å²) in [7, 11) is 3.52. The lowest BCUT2D eigenvalue weighted by Gasteiger charge is -2.35. The molecule has 0 aromatic rings. The number of hydrogen-bond donors (Lipinski definition) is 1. The third kappa shape index (κ3) is 5.73. The number of carboxylic acid groups (broad SMARTS) is 1. The van der Waals surface area contributed by atoms with Crippen molar-refractivity contribution < 1.29 is 28.7 Å². The van der Waals surface area contributed by atoms with E-state index in [2.05, 4.69) is 0 Å². The summed E-state index contributed by atoms with van der Waals surface area (Å²) >= 11 is 0. The van der Waals surface area contributed by atoms with Gasteiger partial charge in [-0.3, -0.25) is 4.90 Å². The molecule has 2 fully saturated rings. The zero-order valence-electron chi connectivity index (χ0n) is 20.8. The molecule has 178 valence electrons. The molecular weight excluding hydrogens is 399 g/mol. The van der Waals surface area contributed by atoms with Crippen LogP contribution >= 0.6 is 0 Å². The van der Waals surface area contributed by atoms with E-state index < -0.39 is 23.2 Å². The van der Waals surface area contributed by atoms with Gasteiger partial charge in [-0.25, -0.2) is 9.59 Å². The zero-order valence-corrected chi connectivity index (χ0v) is 20.8. The summed E-state index contributed by atoms with van der Waals surface area (Å²) in [6.45, 7) is 13.8. The SMILES string of the molecule is CN(C)[C@H]1CN(C(=O)OC(C)(C)C)[C@@](CCCCB2OC(C)(C)C(C)(C)O2)(C(=O)O)C1. The van der Waals surface area contributed by atoms with Crippen LogP contribution in [0.3, 0.4) is 0 Å². The molecule has 1 N–H and O–H groups in total. The fourth-order valence-corrected chi connectivity index (χ4v) is 4.22. The van der Waals surface area contributed by atoms with Crippen LogP contribution in [0.25, 0.3) is 0 Å². The molecule has 0 unspecified atom stereocenters. The monoisotopic (exact) mass is 440 g/mol. The molecule has 31 heavy (non-hydrogen) atoms. The predicted molar refractivity (Wildman–Crippen MR) is 120 cm³/mol. The average Bonchev–Trinajstić information content (AvgIpc) is 3.06. The van der Waals surface area contributed by atoms with E-state index in [1.807, 2.05) is 46.7 Å². The first-order valence-electron chi connectivity index (χ1n) is 11.3. The van der Waals surface area contributed by atoms with E-state index in [0.717, 1.165) is 6.42 Å². The molecule has 0 spiro atoms. The first-order chi connectivity index (χ1) is 14.0. The molecule has 0 saturated carbocycles. The lowest BCUT2D eigenvalue weighted by Crippen LogP contribution is -2.54. The van der Waals surface area contributed by atoms with Crippen molar-refractivity contribution in [2.75, 3.05) is 20.6 Å². The molecule has 2 atom stereocenters. The van der Waals surface area contributed by atoms with Gasteiger partial charge in [-0.05, 0) is 81.7 Å². The second-order valence-corrected chi connectivity index (χ2v) is 11.2. The van der Waals surface area contributed by atoms with Crippen LogP contribution in [0.2, 0.25) is 6.32 Å². The molecule has 2 heterocycles. The molecule has 0 radical (unpaired) electrons. The first-order valence-corrected chi connectivity index (χ1v) is 11.3. The highest BCUT2D eigenvalue weighted by atomic mass is 16.7. The van der Waals surface area contributed by atoms with Crippen molar-refractivity contribution in [3.8, 4) is 0 Å². The Morgan fingerprint density at radius 1 is 1.13 bits per heavy atom. The minimum Gasteiger partial charge on any atom is -0.479 e. The van der Waals surface area contributed by atoms with Crippen molar-refractivity contribution in [2.24, 2.45) is 0 Å². The van der Waals surface area contributed by atoms with Gasteiger partial charge in [0, 0.05) is 12.6 Å². The number of unbranched alkanes of at least 4 members (excludes halogenated alkanes) is 1. The second kappa shape index (κ2) is 8.91. The molecule has 0 aliphatic carbocycles. The number of nitrogens with zero attached hydrogens (tertiary/aromatic N) is 2. The van der Waals surface area contributed by atoms with Crippen molar-refractivity contribution in [1.82, 2.24) is 9.80 Å². The van der Waals surface area contributed by atoms with Gasteiger partial charge in [0.15, 0.2) is 0 Å². The zero-order chi connectivity index (χ0) is 23.8. The van der Waals surface area contributed by atoms with Gasteiger partial charge in [-0.2, -0.15) is 0 Å². The third-order valence-corrected chi connectivity index (χ3v) is 6.81. The highest BCUT2D eigenvalue weighted by molar-refractivity contribution is 6.45. The lowest BCUT2D eigenvalue weighted by atomic mass is 9.80. The Labute approximate surface area is 187 Å². The van der Waals surface area contributed by atoms with E-state index in [1.54, 1.807) is 20.8 Å². The van der Waals surface area contributed by atoms with E-state index in [-0.39, 0.29) is 24.4 Å². The van der Waals surface area contributed by atoms with Crippen LogP contribution in [-0.2, 0) is 18.8 Å². The second-order valence-electron chi connectivity index (χ2n) is 11.2. The molecular formula is C22H41BN2O6. The topological polar surface area (TPSA) is 88.5 Å². The number of carbonyl (C=O) groups excluding carboxylic acids is 1. The lowest BCUT2D eigenvalue weighted by molar-refractivity contribution is -0.150. The van der Waals surface area contributed by atoms with E-state index in [1.165, 1.54) is 4.90 Å². The summed E-state index contributed by atoms with van der Waals surface area (Å²) in [6, 6.07) is -0.0354. The maximum absolute atomic E-state index is 12.9. The summed E-state index contributed by atoms with van der Waals surface area (Å²) < 4.78 is 17.6. The van der Waals surface area contributed by atoms with Crippen LogP contribution in [0.4, 0.5) is 4.79 Å². The highest BCUT2D eigenvalue weighted by Crippen LogP contribution is 2.40. The number of carboxylic acids is 1. The molecule has 2 aliphatic heterocycles. The van der Waals surface area contributed by atoms with Crippen molar-refractivity contribution in [2.45, 2.75) is 109 Å². The maximum Gasteiger partial charge on any atom is 0.457 e. The number of rotatable bonds is 7. The summed E-state index contributed by atoms with van der Waals surface area (Å²) in [5.74, 6) is -0.974. The Kier molecular flexibility index (Phi) is 7.45. The van der Waals surface area contributed by atoms with Crippen molar-refractivity contribution in [1.29, 1.82) is 0 Å². The van der Waals surface area contributed by atoms with E-state index in [9.17, 15) is 14.7 Å². The molecule has 1 amide bonds. The molecule has 0 bridgehead atoms. The fraction of sp³-hybridized carbons (Fsp3) is 0.909. The number of likely N-dealkylation sites (tertiary alicyclic amines) is 1. The predicted octanol–water partition coefficient (Wildman–Crippen LogP) is 3.64. The van der Waals surface area contributed by atoms with Gasteiger partial charge in [-0.15, -0.1) is 0 Å². The van der Waals surface area contributed by atoms with Gasteiger partial charge in [0.1, 0.15) is 11.1 Å².